The summed E-state index contributed by atoms with van der Waals surface area (Å²) in [5.74, 6) is 0.311. The van der Waals surface area contributed by atoms with E-state index in [0.717, 1.165) is 18.8 Å². The summed E-state index contributed by atoms with van der Waals surface area (Å²) in [6.45, 7) is 6.36. The molecule has 0 spiro atoms. The molecule has 1 aliphatic rings. The molecular formula is C18H31N3O2S. The molecule has 136 valence electrons. The highest BCUT2D eigenvalue weighted by Crippen LogP contribution is 2.26. The van der Waals surface area contributed by atoms with E-state index in [1.165, 1.54) is 18.4 Å². The molecule has 1 aromatic rings. The number of nitrogens with one attached hydrogen (secondary N) is 1. The molecule has 0 saturated carbocycles. The highest BCUT2D eigenvalue weighted by molar-refractivity contribution is 7.89. The van der Waals surface area contributed by atoms with Crippen molar-refractivity contribution in [3.63, 3.8) is 0 Å². The lowest BCUT2D eigenvalue weighted by atomic mass is 10.1. The maximum Gasteiger partial charge on any atom is 0.211 e. The largest absolute Gasteiger partial charge is 0.378 e. The Bertz CT molecular complexity index is 606. The zero-order chi connectivity index (χ0) is 17.7. The predicted octanol–water partition coefficient (Wildman–Crippen LogP) is 2.46. The fourth-order valence-electron chi connectivity index (χ4n) is 3.21. The molecule has 1 heterocycles. The molecule has 5 nitrogen and oxygen atoms in total. The van der Waals surface area contributed by atoms with Crippen molar-refractivity contribution < 1.29 is 8.42 Å². The first kappa shape index (κ1) is 19.2. The standard InChI is InChI=1S/C18H31N3O2S/c1-15(2)14-24(22,23)19-13-18(21-11-5-6-12-21)16-7-9-17(10-8-16)20(3)4/h7-10,15,18-19H,5-6,11-14H2,1-4H3. The highest BCUT2D eigenvalue weighted by atomic mass is 32.2. The van der Waals surface area contributed by atoms with Crippen LogP contribution in [0.2, 0.25) is 0 Å². The van der Waals surface area contributed by atoms with E-state index in [4.69, 9.17) is 0 Å². The van der Waals surface area contributed by atoms with E-state index in [9.17, 15) is 8.42 Å². The molecule has 0 aliphatic carbocycles. The SMILES string of the molecule is CC(C)CS(=O)(=O)NCC(c1ccc(N(C)C)cc1)N1CCCC1. The molecule has 6 heteroatoms. The minimum Gasteiger partial charge on any atom is -0.378 e. The lowest BCUT2D eigenvalue weighted by Gasteiger charge is -2.28. The van der Waals surface area contributed by atoms with Gasteiger partial charge in [0, 0.05) is 32.4 Å². The van der Waals surface area contributed by atoms with Gasteiger partial charge in [0.25, 0.3) is 0 Å². The Morgan fingerprint density at radius 1 is 1.12 bits per heavy atom. The van der Waals surface area contributed by atoms with E-state index >= 15 is 0 Å². The van der Waals surface area contributed by atoms with Gasteiger partial charge in [0.1, 0.15) is 0 Å². The Kier molecular flexibility index (Phi) is 6.66. The van der Waals surface area contributed by atoms with Gasteiger partial charge in [-0.05, 0) is 49.5 Å². The molecule has 2 rings (SSSR count). The normalized spacial score (nSPS) is 17.4. The molecule has 0 aromatic heterocycles. The Morgan fingerprint density at radius 2 is 1.71 bits per heavy atom. The monoisotopic (exact) mass is 353 g/mol. The van der Waals surface area contributed by atoms with Crippen LogP contribution in [0.1, 0.15) is 38.3 Å². The van der Waals surface area contributed by atoms with Crippen molar-refractivity contribution in [1.29, 1.82) is 0 Å². The first-order chi connectivity index (χ1) is 11.3. The van der Waals surface area contributed by atoms with Gasteiger partial charge in [-0.1, -0.05) is 26.0 Å². The molecule has 0 radical (unpaired) electrons. The van der Waals surface area contributed by atoms with Gasteiger partial charge in [-0.3, -0.25) is 4.90 Å². The molecule has 1 aromatic carbocycles. The fraction of sp³-hybridized carbons (Fsp3) is 0.667. The Hall–Kier alpha value is -1.11. The number of benzene rings is 1. The van der Waals surface area contributed by atoms with Crippen LogP contribution in [0.4, 0.5) is 5.69 Å². The summed E-state index contributed by atoms with van der Waals surface area (Å²) in [6.07, 6.45) is 2.37. The van der Waals surface area contributed by atoms with Crippen LogP contribution in [0.3, 0.4) is 0 Å². The third-order valence-corrected chi connectivity index (χ3v) is 6.14. The molecule has 0 amide bonds. The lowest BCUT2D eigenvalue weighted by molar-refractivity contribution is 0.246. The summed E-state index contributed by atoms with van der Waals surface area (Å²) in [4.78, 5) is 4.46. The van der Waals surface area contributed by atoms with E-state index < -0.39 is 10.0 Å². The summed E-state index contributed by atoms with van der Waals surface area (Å²) >= 11 is 0. The van der Waals surface area contributed by atoms with E-state index in [1.807, 2.05) is 27.9 Å². The van der Waals surface area contributed by atoms with E-state index in [2.05, 4.69) is 38.8 Å². The average molecular weight is 354 g/mol. The van der Waals surface area contributed by atoms with Crippen LogP contribution in [0, 0.1) is 5.92 Å². The van der Waals surface area contributed by atoms with Crippen LogP contribution in [0.5, 0.6) is 0 Å². The minimum absolute atomic E-state index is 0.102. The van der Waals surface area contributed by atoms with Gasteiger partial charge in [0.2, 0.25) is 10.0 Å². The quantitative estimate of drug-likeness (QED) is 0.780. The van der Waals surface area contributed by atoms with E-state index in [1.54, 1.807) is 0 Å². The van der Waals surface area contributed by atoms with Crippen molar-refractivity contribution in [3.8, 4) is 0 Å². The van der Waals surface area contributed by atoms with E-state index in [-0.39, 0.29) is 17.7 Å². The van der Waals surface area contributed by atoms with Crippen LogP contribution in [0.15, 0.2) is 24.3 Å². The summed E-state index contributed by atoms with van der Waals surface area (Å²) in [6, 6.07) is 8.54. The second-order valence-electron chi connectivity index (χ2n) is 7.27. The highest BCUT2D eigenvalue weighted by Gasteiger charge is 2.25. The summed E-state index contributed by atoms with van der Waals surface area (Å²) in [7, 11) is 0.822. The van der Waals surface area contributed by atoms with Crippen molar-refractivity contribution in [1.82, 2.24) is 9.62 Å². The van der Waals surface area contributed by atoms with Crippen LogP contribution in [-0.4, -0.2) is 52.8 Å². The Morgan fingerprint density at radius 3 is 2.21 bits per heavy atom. The number of rotatable bonds is 8. The van der Waals surface area contributed by atoms with Gasteiger partial charge < -0.3 is 4.90 Å². The van der Waals surface area contributed by atoms with E-state index in [0.29, 0.717) is 6.54 Å². The Balaban J connectivity index is 2.13. The van der Waals surface area contributed by atoms with Gasteiger partial charge in [0.05, 0.1) is 5.75 Å². The zero-order valence-electron chi connectivity index (χ0n) is 15.3. The second kappa shape index (κ2) is 8.32. The van der Waals surface area contributed by atoms with Gasteiger partial charge >= 0.3 is 0 Å². The molecule has 1 aliphatic heterocycles. The van der Waals surface area contributed by atoms with Crippen molar-refractivity contribution >= 4 is 15.7 Å². The second-order valence-corrected chi connectivity index (χ2v) is 9.12. The third kappa shape index (κ3) is 5.46. The summed E-state index contributed by atoms with van der Waals surface area (Å²) < 4.78 is 27.2. The van der Waals surface area contributed by atoms with Gasteiger partial charge in [-0.15, -0.1) is 0 Å². The lowest BCUT2D eigenvalue weighted by Crippen LogP contribution is -2.38. The summed E-state index contributed by atoms with van der Waals surface area (Å²) in [5.41, 5.74) is 2.33. The van der Waals surface area contributed by atoms with Crippen LogP contribution in [-0.2, 0) is 10.0 Å². The molecule has 24 heavy (non-hydrogen) atoms. The summed E-state index contributed by atoms with van der Waals surface area (Å²) in [5, 5.41) is 0. The zero-order valence-corrected chi connectivity index (χ0v) is 16.1. The third-order valence-electron chi connectivity index (χ3n) is 4.43. The molecular weight excluding hydrogens is 322 g/mol. The van der Waals surface area contributed by atoms with Crippen LogP contribution >= 0.6 is 0 Å². The smallest absolute Gasteiger partial charge is 0.211 e. The molecule has 1 fully saturated rings. The maximum atomic E-state index is 12.2. The number of nitrogens with zero attached hydrogens (tertiary/aromatic N) is 2. The van der Waals surface area contributed by atoms with Crippen molar-refractivity contribution in [2.45, 2.75) is 32.7 Å². The number of hydrogen-bond donors (Lipinski definition) is 1. The number of likely N-dealkylation sites (tertiary alicyclic amines) is 1. The van der Waals surface area contributed by atoms with Gasteiger partial charge in [-0.25, -0.2) is 13.1 Å². The fourth-order valence-corrected chi connectivity index (χ4v) is 4.62. The van der Waals surface area contributed by atoms with Crippen molar-refractivity contribution in [3.05, 3.63) is 29.8 Å². The van der Waals surface area contributed by atoms with Gasteiger partial charge in [0.15, 0.2) is 0 Å². The molecule has 1 N–H and O–H groups in total. The molecule has 1 saturated heterocycles. The molecule has 0 bridgehead atoms. The minimum atomic E-state index is -3.22. The Labute approximate surface area is 147 Å². The topological polar surface area (TPSA) is 52.7 Å². The predicted molar refractivity (Wildman–Crippen MR) is 101 cm³/mol. The van der Waals surface area contributed by atoms with Gasteiger partial charge in [-0.2, -0.15) is 0 Å². The van der Waals surface area contributed by atoms with Crippen LogP contribution in [0.25, 0.3) is 0 Å². The maximum absolute atomic E-state index is 12.2. The number of anilines is 1. The first-order valence-corrected chi connectivity index (χ1v) is 10.4. The van der Waals surface area contributed by atoms with Crippen molar-refractivity contribution in [2.75, 3.05) is 44.4 Å². The number of sulfonamides is 1. The van der Waals surface area contributed by atoms with Crippen LogP contribution < -0.4 is 9.62 Å². The number of hydrogen-bond acceptors (Lipinski definition) is 4. The molecule has 1 atom stereocenters. The first-order valence-electron chi connectivity index (χ1n) is 8.77. The average Bonchev–Trinajstić information content (AvgIpc) is 3.00. The molecule has 1 unspecified atom stereocenters. The van der Waals surface area contributed by atoms with Crippen molar-refractivity contribution in [2.24, 2.45) is 5.92 Å².